The number of hydrogen-bond donors (Lipinski definition) is 0. The van der Waals surface area contributed by atoms with Crippen LogP contribution in [0, 0.1) is 13.0 Å². The summed E-state index contributed by atoms with van der Waals surface area (Å²) < 4.78 is 20.2. The van der Waals surface area contributed by atoms with Crippen molar-refractivity contribution < 1.29 is 9.13 Å². The molecule has 0 amide bonds. The lowest BCUT2D eigenvalue weighted by atomic mass is 10.1. The molecule has 13 heavy (non-hydrogen) atoms. The normalized spacial score (nSPS) is 10.2. The van der Waals surface area contributed by atoms with Gasteiger partial charge in [0.05, 0.1) is 10.7 Å². The first-order valence-electron chi connectivity index (χ1n) is 3.82. The summed E-state index contributed by atoms with van der Waals surface area (Å²) in [7, 11) is 1.55. The number of rotatable bonds is 2. The van der Waals surface area contributed by atoms with Gasteiger partial charge in [0.25, 0.3) is 0 Å². The average Bonchev–Trinajstić information content (AvgIpc) is 2.12. The van der Waals surface area contributed by atoms with Crippen LogP contribution in [0.3, 0.4) is 0 Å². The number of benzene rings is 1. The number of methoxy groups -OCH3 is 1. The molecule has 1 aromatic carbocycles. The van der Waals surface area contributed by atoms with Crippen molar-refractivity contribution in [2.75, 3.05) is 7.11 Å². The fraction of sp³-hybridized carbons (Fsp3) is 0.333. The number of halogens is 3. The molecular formula is C9H9FI2O. The molecule has 0 spiro atoms. The maximum Gasteiger partial charge on any atom is 0.144 e. The van der Waals surface area contributed by atoms with E-state index >= 15 is 0 Å². The molecule has 0 N–H and O–H groups in total. The summed E-state index contributed by atoms with van der Waals surface area (Å²) in [6.45, 7) is 1.95. The van der Waals surface area contributed by atoms with Gasteiger partial charge < -0.3 is 4.74 Å². The first-order valence-corrected chi connectivity index (χ1v) is 5.97. The van der Waals surface area contributed by atoms with E-state index in [1.165, 1.54) is 0 Å². The Bertz CT molecular complexity index is 326. The summed E-state index contributed by atoms with van der Waals surface area (Å²) in [6.07, 6.45) is 0.712. The van der Waals surface area contributed by atoms with Gasteiger partial charge in [-0.1, -0.05) is 6.92 Å². The third-order valence-electron chi connectivity index (χ3n) is 1.79. The SMILES string of the molecule is CCc1c(I)cc(OC)c(I)c1F. The Labute approximate surface area is 104 Å². The Hall–Kier alpha value is 0.410. The Morgan fingerprint density at radius 2 is 2.08 bits per heavy atom. The summed E-state index contributed by atoms with van der Waals surface area (Å²) in [5.41, 5.74) is 0.769. The minimum absolute atomic E-state index is 0.146. The summed E-state index contributed by atoms with van der Waals surface area (Å²) in [6, 6.07) is 1.87. The Balaban J connectivity index is 3.37. The average molecular weight is 406 g/mol. The predicted octanol–water partition coefficient (Wildman–Crippen LogP) is 3.61. The molecule has 0 saturated carbocycles. The quantitative estimate of drug-likeness (QED) is 0.539. The van der Waals surface area contributed by atoms with Gasteiger partial charge in [-0.3, -0.25) is 0 Å². The Morgan fingerprint density at radius 3 is 2.54 bits per heavy atom. The highest BCUT2D eigenvalue weighted by Crippen LogP contribution is 2.30. The molecular weight excluding hydrogens is 397 g/mol. The maximum atomic E-state index is 13.6. The molecule has 1 rings (SSSR count). The minimum Gasteiger partial charge on any atom is -0.496 e. The van der Waals surface area contributed by atoms with E-state index in [0.29, 0.717) is 15.7 Å². The smallest absolute Gasteiger partial charge is 0.144 e. The molecule has 0 atom stereocenters. The van der Waals surface area contributed by atoms with Crippen molar-refractivity contribution in [2.24, 2.45) is 0 Å². The van der Waals surface area contributed by atoms with Gasteiger partial charge in [-0.05, 0) is 57.7 Å². The van der Waals surface area contributed by atoms with Crippen LogP contribution in [0.5, 0.6) is 5.75 Å². The van der Waals surface area contributed by atoms with Crippen molar-refractivity contribution in [3.63, 3.8) is 0 Å². The number of hydrogen-bond acceptors (Lipinski definition) is 1. The van der Waals surface area contributed by atoms with Crippen LogP contribution >= 0.6 is 45.2 Å². The van der Waals surface area contributed by atoms with Gasteiger partial charge in [0, 0.05) is 9.13 Å². The van der Waals surface area contributed by atoms with Gasteiger partial charge in [0.2, 0.25) is 0 Å². The van der Waals surface area contributed by atoms with Gasteiger partial charge >= 0.3 is 0 Å². The fourth-order valence-corrected chi connectivity index (χ4v) is 2.69. The second-order valence-corrected chi connectivity index (χ2v) is 4.76. The van der Waals surface area contributed by atoms with E-state index in [4.69, 9.17) is 4.74 Å². The lowest BCUT2D eigenvalue weighted by Gasteiger charge is -2.09. The summed E-state index contributed by atoms with van der Waals surface area (Å²) in [4.78, 5) is 0. The Kier molecular flexibility index (Phi) is 4.21. The zero-order chi connectivity index (χ0) is 10.0. The molecule has 0 bridgehead atoms. The van der Waals surface area contributed by atoms with E-state index in [2.05, 4.69) is 22.6 Å². The molecule has 0 aliphatic rings. The van der Waals surface area contributed by atoms with E-state index in [9.17, 15) is 4.39 Å². The molecule has 0 radical (unpaired) electrons. The van der Waals surface area contributed by atoms with Gasteiger partial charge in [-0.25, -0.2) is 4.39 Å². The van der Waals surface area contributed by atoms with E-state index in [1.54, 1.807) is 7.11 Å². The fourth-order valence-electron chi connectivity index (χ4n) is 1.08. The molecule has 0 heterocycles. The molecule has 0 aliphatic carbocycles. The van der Waals surface area contributed by atoms with Crippen molar-refractivity contribution in [1.29, 1.82) is 0 Å². The topological polar surface area (TPSA) is 9.23 Å². The molecule has 0 fully saturated rings. The zero-order valence-corrected chi connectivity index (χ0v) is 11.6. The molecule has 1 aromatic rings. The third kappa shape index (κ3) is 2.26. The largest absolute Gasteiger partial charge is 0.496 e. The van der Waals surface area contributed by atoms with E-state index in [1.807, 2.05) is 35.6 Å². The summed E-state index contributed by atoms with van der Waals surface area (Å²) in [5.74, 6) is 0.464. The first-order chi connectivity index (χ1) is 6.11. The highest BCUT2D eigenvalue weighted by atomic mass is 127. The highest BCUT2D eigenvalue weighted by molar-refractivity contribution is 14.1. The van der Waals surface area contributed by atoms with Gasteiger partial charge in [-0.2, -0.15) is 0 Å². The minimum atomic E-state index is -0.146. The lowest BCUT2D eigenvalue weighted by molar-refractivity contribution is 0.406. The first kappa shape index (κ1) is 11.5. The van der Waals surface area contributed by atoms with E-state index in [0.717, 1.165) is 9.13 Å². The van der Waals surface area contributed by atoms with Crippen molar-refractivity contribution in [3.8, 4) is 5.75 Å². The van der Waals surface area contributed by atoms with Crippen LogP contribution in [-0.2, 0) is 6.42 Å². The molecule has 72 valence electrons. The van der Waals surface area contributed by atoms with Crippen LogP contribution in [0.25, 0.3) is 0 Å². The monoisotopic (exact) mass is 406 g/mol. The molecule has 0 saturated heterocycles. The summed E-state index contributed by atoms with van der Waals surface area (Å²) in [5, 5.41) is 0. The molecule has 1 nitrogen and oxygen atoms in total. The van der Waals surface area contributed by atoms with Crippen molar-refractivity contribution in [2.45, 2.75) is 13.3 Å². The Morgan fingerprint density at radius 1 is 1.46 bits per heavy atom. The van der Waals surface area contributed by atoms with Crippen molar-refractivity contribution in [1.82, 2.24) is 0 Å². The van der Waals surface area contributed by atoms with Gasteiger partial charge in [0.15, 0.2) is 0 Å². The van der Waals surface area contributed by atoms with E-state index < -0.39 is 0 Å². The zero-order valence-electron chi connectivity index (χ0n) is 7.33. The van der Waals surface area contributed by atoms with Crippen LogP contribution in [-0.4, -0.2) is 7.11 Å². The van der Waals surface area contributed by atoms with E-state index in [-0.39, 0.29) is 5.82 Å². The van der Waals surface area contributed by atoms with Crippen LogP contribution < -0.4 is 4.74 Å². The van der Waals surface area contributed by atoms with Crippen molar-refractivity contribution >= 4 is 45.2 Å². The molecule has 0 unspecified atom stereocenters. The molecule has 4 heteroatoms. The highest BCUT2D eigenvalue weighted by Gasteiger charge is 2.13. The van der Waals surface area contributed by atoms with Gasteiger partial charge in [-0.15, -0.1) is 0 Å². The second-order valence-electron chi connectivity index (χ2n) is 2.52. The van der Waals surface area contributed by atoms with Crippen LogP contribution in [0.4, 0.5) is 4.39 Å². The second kappa shape index (κ2) is 4.77. The van der Waals surface area contributed by atoms with Crippen LogP contribution in [0.1, 0.15) is 12.5 Å². The maximum absolute atomic E-state index is 13.6. The third-order valence-corrected chi connectivity index (χ3v) is 3.76. The van der Waals surface area contributed by atoms with Gasteiger partial charge in [0.1, 0.15) is 11.6 Å². The van der Waals surface area contributed by atoms with Crippen LogP contribution in [0.2, 0.25) is 0 Å². The number of ether oxygens (including phenoxy) is 1. The predicted molar refractivity (Wildman–Crippen MR) is 67.8 cm³/mol. The molecule has 0 aromatic heterocycles. The lowest BCUT2D eigenvalue weighted by Crippen LogP contribution is -1.99. The van der Waals surface area contributed by atoms with Crippen molar-refractivity contribution in [3.05, 3.63) is 24.6 Å². The standard InChI is InChI=1S/C9H9FI2O/c1-3-5-6(11)4-7(13-2)9(12)8(5)10/h4H,3H2,1-2H3. The van der Waals surface area contributed by atoms with Crippen LogP contribution in [0.15, 0.2) is 6.07 Å². The summed E-state index contributed by atoms with van der Waals surface area (Å²) >= 11 is 4.10. The molecule has 0 aliphatic heterocycles.